The van der Waals surface area contributed by atoms with Crippen LogP contribution < -0.4 is 19.5 Å². The van der Waals surface area contributed by atoms with Crippen molar-refractivity contribution in [3.63, 3.8) is 0 Å². The number of aromatic nitrogens is 1. The summed E-state index contributed by atoms with van der Waals surface area (Å²) >= 11 is 0. The lowest BCUT2D eigenvalue weighted by atomic mass is 10.2. The molecule has 6 heteroatoms. The lowest BCUT2D eigenvalue weighted by molar-refractivity contribution is 0.0942. The molecular formula is C17H20N2O4. The SMILES string of the molecule is CCOc1ncccc1C(=O)NCCOc1cccc(OC)c1. The molecule has 1 aromatic carbocycles. The zero-order chi connectivity index (χ0) is 16.5. The normalized spacial score (nSPS) is 10.0. The van der Waals surface area contributed by atoms with Crippen LogP contribution in [-0.4, -0.2) is 37.8 Å². The molecule has 0 aliphatic rings. The van der Waals surface area contributed by atoms with E-state index in [1.165, 1.54) is 0 Å². The van der Waals surface area contributed by atoms with Gasteiger partial charge in [-0.25, -0.2) is 4.98 Å². The highest BCUT2D eigenvalue weighted by atomic mass is 16.5. The molecule has 6 nitrogen and oxygen atoms in total. The third-order valence-electron chi connectivity index (χ3n) is 2.99. The Bertz CT molecular complexity index is 646. The van der Waals surface area contributed by atoms with Crippen molar-refractivity contribution in [3.8, 4) is 17.4 Å². The molecule has 2 aromatic rings. The highest BCUT2D eigenvalue weighted by Crippen LogP contribution is 2.18. The maximum absolute atomic E-state index is 12.1. The Morgan fingerprint density at radius 2 is 2.00 bits per heavy atom. The summed E-state index contributed by atoms with van der Waals surface area (Å²) < 4.78 is 16.0. The Labute approximate surface area is 135 Å². The molecule has 0 atom stereocenters. The summed E-state index contributed by atoms with van der Waals surface area (Å²) in [6.45, 7) is 3.02. The third kappa shape index (κ3) is 4.88. The van der Waals surface area contributed by atoms with Crippen molar-refractivity contribution in [1.29, 1.82) is 0 Å². The zero-order valence-corrected chi connectivity index (χ0v) is 13.2. The predicted molar refractivity (Wildman–Crippen MR) is 86.2 cm³/mol. The molecule has 0 fully saturated rings. The van der Waals surface area contributed by atoms with Crippen LogP contribution in [0.2, 0.25) is 0 Å². The van der Waals surface area contributed by atoms with E-state index in [4.69, 9.17) is 14.2 Å². The van der Waals surface area contributed by atoms with Gasteiger partial charge in [-0.1, -0.05) is 6.07 Å². The van der Waals surface area contributed by atoms with E-state index < -0.39 is 0 Å². The van der Waals surface area contributed by atoms with E-state index in [0.717, 1.165) is 5.75 Å². The molecule has 0 bridgehead atoms. The van der Waals surface area contributed by atoms with E-state index in [9.17, 15) is 4.79 Å². The summed E-state index contributed by atoms with van der Waals surface area (Å²) in [5.41, 5.74) is 0.413. The fraction of sp³-hybridized carbons (Fsp3) is 0.294. The van der Waals surface area contributed by atoms with Gasteiger partial charge >= 0.3 is 0 Å². The molecule has 0 saturated heterocycles. The molecule has 2 rings (SSSR count). The lowest BCUT2D eigenvalue weighted by Gasteiger charge is -2.10. The average molecular weight is 316 g/mol. The number of hydrogen-bond acceptors (Lipinski definition) is 5. The van der Waals surface area contributed by atoms with Crippen molar-refractivity contribution in [2.24, 2.45) is 0 Å². The first-order valence-corrected chi connectivity index (χ1v) is 7.37. The monoisotopic (exact) mass is 316 g/mol. The van der Waals surface area contributed by atoms with E-state index in [-0.39, 0.29) is 5.91 Å². The van der Waals surface area contributed by atoms with Gasteiger partial charge in [-0.05, 0) is 31.2 Å². The van der Waals surface area contributed by atoms with E-state index in [1.807, 2.05) is 25.1 Å². The zero-order valence-electron chi connectivity index (χ0n) is 13.2. The number of nitrogens with one attached hydrogen (secondary N) is 1. The minimum Gasteiger partial charge on any atom is -0.497 e. The lowest BCUT2D eigenvalue weighted by Crippen LogP contribution is -2.28. The molecule has 1 heterocycles. The number of methoxy groups -OCH3 is 1. The Balaban J connectivity index is 1.83. The molecule has 1 amide bonds. The Kier molecular flexibility index (Phi) is 6.23. The molecule has 0 saturated carbocycles. The number of nitrogens with zero attached hydrogens (tertiary/aromatic N) is 1. The fourth-order valence-corrected chi connectivity index (χ4v) is 1.94. The quantitative estimate of drug-likeness (QED) is 0.757. The Morgan fingerprint density at radius 1 is 1.17 bits per heavy atom. The molecular weight excluding hydrogens is 296 g/mol. The largest absolute Gasteiger partial charge is 0.497 e. The molecule has 122 valence electrons. The highest BCUT2D eigenvalue weighted by molar-refractivity contribution is 5.96. The van der Waals surface area contributed by atoms with Gasteiger partial charge in [0.25, 0.3) is 5.91 Å². The topological polar surface area (TPSA) is 69.7 Å². The number of carbonyl (C=O) groups is 1. The van der Waals surface area contributed by atoms with Gasteiger partial charge in [0.1, 0.15) is 23.7 Å². The van der Waals surface area contributed by atoms with E-state index in [2.05, 4.69) is 10.3 Å². The van der Waals surface area contributed by atoms with Crippen molar-refractivity contribution in [1.82, 2.24) is 10.3 Å². The van der Waals surface area contributed by atoms with Crippen LogP contribution in [0.15, 0.2) is 42.6 Å². The first-order chi connectivity index (χ1) is 11.2. The van der Waals surface area contributed by atoms with Crippen molar-refractivity contribution < 1.29 is 19.0 Å². The second-order valence-electron chi connectivity index (χ2n) is 4.57. The maximum atomic E-state index is 12.1. The summed E-state index contributed by atoms with van der Waals surface area (Å²) in [4.78, 5) is 16.2. The number of pyridine rings is 1. The molecule has 1 aromatic heterocycles. The molecule has 23 heavy (non-hydrogen) atoms. The van der Waals surface area contributed by atoms with Crippen LogP contribution in [0.5, 0.6) is 17.4 Å². The number of amides is 1. The number of rotatable bonds is 8. The number of hydrogen-bond donors (Lipinski definition) is 1. The fourth-order valence-electron chi connectivity index (χ4n) is 1.94. The van der Waals surface area contributed by atoms with Gasteiger partial charge < -0.3 is 19.5 Å². The Morgan fingerprint density at radius 3 is 2.78 bits per heavy atom. The van der Waals surface area contributed by atoms with Crippen LogP contribution in [0.4, 0.5) is 0 Å². The molecule has 0 aliphatic carbocycles. The average Bonchev–Trinajstić information content (AvgIpc) is 2.59. The molecule has 1 N–H and O–H groups in total. The number of carbonyl (C=O) groups excluding carboxylic acids is 1. The van der Waals surface area contributed by atoms with Gasteiger partial charge in [0.05, 0.1) is 20.3 Å². The second-order valence-corrected chi connectivity index (χ2v) is 4.57. The van der Waals surface area contributed by atoms with Crippen LogP contribution in [-0.2, 0) is 0 Å². The highest BCUT2D eigenvalue weighted by Gasteiger charge is 2.12. The van der Waals surface area contributed by atoms with Crippen molar-refractivity contribution in [3.05, 3.63) is 48.2 Å². The summed E-state index contributed by atoms with van der Waals surface area (Å²) in [6.07, 6.45) is 1.59. The summed E-state index contributed by atoms with van der Waals surface area (Å²) in [7, 11) is 1.60. The van der Waals surface area contributed by atoms with Crippen LogP contribution in [0, 0.1) is 0 Å². The van der Waals surface area contributed by atoms with E-state index in [1.54, 1.807) is 31.5 Å². The molecule has 0 spiro atoms. The van der Waals surface area contributed by atoms with Crippen LogP contribution in [0.25, 0.3) is 0 Å². The van der Waals surface area contributed by atoms with Crippen molar-refractivity contribution in [2.75, 3.05) is 26.9 Å². The number of ether oxygens (including phenoxy) is 3. The summed E-state index contributed by atoms with van der Waals surface area (Å²) in [6, 6.07) is 10.7. The smallest absolute Gasteiger partial charge is 0.256 e. The van der Waals surface area contributed by atoms with Gasteiger partial charge in [0.15, 0.2) is 0 Å². The molecule has 0 radical (unpaired) electrons. The van der Waals surface area contributed by atoms with Crippen LogP contribution >= 0.6 is 0 Å². The van der Waals surface area contributed by atoms with Gasteiger partial charge in [0, 0.05) is 12.3 Å². The minimum atomic E-state index is -0.240. The van der Waals surface area contributed by atoms with E-state index in [0.29, 0.717) is 37.0 Å². The van der Waals surface area contributed by atoms with Crippen molar-refractivity contribution in [2.45, 2.75) is 6.92 Å². The van der Waals surface area contributed by atoms with Crippen LogP contribution in [0.3, 0.4) is 0 Å². The first kappa shape index (κ1) is 16.6. The minimum absolute atomic E-state index is 0.240. The Hall–Kier alpha value is -2.76. The van der Waals surface area contributed by atoms with Gasteiger partial charge in [0.2, 0.25) is 5.88 Å². The van der Waals surface area contributed by atoms with Gasteiger partial charge in [-0.15, -0.1) is 0 Å². The van der Waals surface area contributed by atoms with Gasteiger partial charge in [-0.3, -0.25) is 4.79 Å². The molecule has 0 unspecified atom stereocenters. The van der Waals surface area contributed by atoms with E-state index >= 15 is 0 Å². The predicted octanol–water partition coefficient (Wildman–Crippen LogP) is 2.30. The number of benzene rings is 1. The van der Waals surface area contributed by atoms with Crippen LogP contribution in [0.1, 0.15) is 17.3 Å². The van der Waals surface area contributed by atoms with Crippen molar-refractivity contribution >= 4 is 5.91 Å². The first-order valence-electron chi connectivity index (χ1n) is 7.37. The third-order valence-corrected chi connectivity index (χ3v) is 2.99. The van der Waals surface area contributed by atoms with Gasteiger partial charge in [-0.2, -0.15) is 0 Å². The summed E-state index contributed by atoms with van der Waals surface area (Å²) in [5.74, 6) is 1.51. The summed E-state index contributed by atoms with van der Waals surface area (Å²) in [5, 5.41) is 2.78. The standard InChI is InChI=1S/C17H20N2O4/c1-3-22-17-15(8-5-9-19-17)16(20)18-10-11-23-14-7-4-6-13(12-14)21-2/h4-9,12H,3,10-11H2,1-2H3,(H,18,20). The maximum Gasteiger partial charge on any atom is 0.256 e. The molecule has 0 aliphatic heterocycles. The second kappa shape index (κ2) is 8.63.